The summed E-state index contributed by atoms with van der Waals surface area (Å²) in [6, 6.07) is 0. The third-order valence-corrected chi connectivity index (χ3v) is 3.58. The summed E-state index contributed by atoms with van der Waals surface area (Å²) in [6.07, 6.45) is 5.45. The summed E-state index contributed by atoms with van der Waals surface area (Å²) in [7, 11) is 0. The first-order valence-corrected chi connectivity index (χ1v) is 7.26. The van der Waals surface area contributed by atoms with E-state index >= 15 is 0 Å². The van der Waals surface area contributed by atoms with E-state index in [0.29, 0.717) is 6.61 Å². The molecule has 100 valence electrons. The summed E-state index contributed by atoms with van der Waals surface area (Å²) in [5.41, 5.74) is 0. The fourth-order valence-electron chi connectivity index (χ4n) is 2.26. The van der Waals surface area contributed by atoms with Crippen molar-refractivity contribution in [3.8, 4) is 0 Å². The van der Waals surface area contributed by atoms with Crippen LogP contribution in [-0.2, 0) is 9.53 Å². The third kappa shape index (κ3) is 5.73. The molecule has 0 bridgehead atoms. The quantitative estimate of drug-likeness (QED) is 0.401. The lowest BCUT2D eigenvalue weighted by Crippen LogP contribution is -2.37. The predicted octanol–water partition coefficient (Wildman–Crippen LogP) is 2.67. The van der Waals surface area contributed by atoms with Crippen LogP contribution < -0.4 is 0 Å². The number of hydrogen-bond acceptors (Lipinski definition) is 3. The van der Waals surface area contributed by atoms with E-state index in [0.717, 1.165) is 44.8 Å². The van der Waals surface area contributed by atoms with E-state index in [4.69, 9.17) is 16.3 Å². The second-order valence-corrected chi connectivity index (χ2v) is 5.00. The fourth-order valence-corrected chi connectivity index (χ4v) is 2.45. The number of carbonyl (C=O) groups is 1. The standard InChI is InChI=1S/C13H24ClNO2/c1-2-17-13(16)12-6-10-15(11-7-12)9-5-3-4-8-14/h12H,2-11H2,1H3. The largest absolute Gasteiger partial charge is 0.466 e. The van der Waals surface area contributed by atoms with Crippen LogP contribution in [0.15, 0.2) is 0 Å². The van der Waals surface area contributed by atoms with Gasteiger partial charge in [0.25, 0.3) is 0 Å². The minimum Gasteiger partial charge on any atom is -0.466 e. The Bertz CT molecular complexity index is 215. The molecule has 0 aliphatic carbocycles. The molecule has 0 radical (unpaired) electrons. The van der Waals surface area contributed by atoms with Gasteiger partial charge in [-0.1, -0.05) is 6.42 Å². The van der Waals surface area contributed by atoms with Crippen molar-refractivity contribution in [1.82, 2.24) is 4.90 Å². The van der Waals surface area contributed by atoms with Crippen LogP contribution in [0.25, 0.3) is 0 Å². The molecule has 0 saturated carbocycles. The number of likely N-dealkylation sites (tertiary alicyclic amines) is 1. The SMILES string of the molecule is CCOC(=O)C1CCN(CCCCCCl)CC1. The molecule has 1 fully saturated rings. The maximum atomic E-state index is 11.5. The van der Waals surface area contributed by atoms with Crippen molar-refractivity contribution in [1.29, 1.82) is 0 Å². The van der Waals surface area contributed by atoms with Gasteiger partial charge in [-0.3, -0.25) is 4.79 Å². The van der Waals surface area contributed by atoms with Gasteiger partial charge >= 0.3 is 5.97 Å². The van der Waals surface area contributed by atoms with Gasteiger partial charge in [0.1, 0.15) is 0 Å². The highest BCUT2D eigenvalue weighted by atomic mass is 35.5. The van der Waals surface area contributed by atoms with E-state index < -0.39 is 0 Å². The lowest BCUT2D eigenvalue weighted by atomic mass is 9.97. The molecule has 0 aromatic carbocycles. The second kappa shape index (κ2) is 8.76. The van der Waals surface area contributed by atoms with Crippen LogP contribution in [0, 0.1) is 5.92 Å². The molecule has 1 aliphatic rings. The van der Waals surface area contributed by atoms with E-state index in [1.807, 2.05) is 6.92 Å². The summed E-state index contributed by atoms with van der Waals surface area (Å²) >= 11 is 5.64. The normalized spacial score (nSPS) is 18.2. The third-order valence-electron chi connectivity index (χ3n) is 3.32. The van der Waals surface area contributed by atoms with E-state index in [-0.39, 0.29) is 11.9 Å². The highest BCUT2D eigenvalue weighted by molar-refractivity contribution is 6.17. The number of unbranched alkanes of at least 4 members (excludes halogenated alkanes) is 2. The van der Waals surface area contributed by atoms with Gasteiger partial charge < -0.3 is 9.64 Å². The summed E-state index contributed by atoms with van der Waals surface area (Å²) in [5.74, 6) is 0.897. The van der Waals surface area contributed by atoms with Crippen molar-refractivity contribution in [3.05, 3.63) is 0 Å². The average Bonchev–Trinajstić information content (AvgIpc) is 2.36. The number of esters is 1. The Hall–Kier alpha value is -0.280. The Balaban J connectivity index is 2.11. The number of rotatable bonds is 7. The monoisotopic (exact) mass is 261 g/mol. The van der Waals surface area contributed by atoms with Gasteiger partial charge in [0, 0.05) is 5.88 Å². The molecule has 3 nitrogen and oxygen atoms in total. The number of piperidine rings is 1. The Morgan fingerprint density at radius 3 is 2.59 bits per heavy atom. The smallest absolute Gasteiger partial charge is 0.309 e. The number of alkyl halides is 1. The Morgan fingerprint density at radius 2 is 2.00 bits per heavy atom. The van der Waals surface area contributed by atoms with Crippen LogP contribution in [-0.4, -0.2) is 43.0 Å². The van der Waals surface area contributed by atoms with Gasteiger partial charge in [-0.25, -0.2) is 0 Å². The molecule has 0 spiro atoms. The Morgan fingerprint density at radius 1 is 1.29 bits per heavy atom. The van der Waals surface area contributed by atoms with Crippen molar-refractivity contribution in [2.75, 3.05) is 32.1 Å². The zero-order valence-corrected chi connectivity index (χ0v) is 11.5. The number of carbonyl (C=O) groups excluding carboxylic acids is 1. The molecule has 1 heterocycles. The maximum absolute atomic E-state index is 11.5. The average molecular weight is 262 g/mol. The lowest BCUT2D eigenvalue weighted by molar-refractivity contribution is -0.149. The molecule has 1 aliphatic heterocycles. The summed E-state index contributed by atoms with van der Waals surface area (Å²) < 4.78 is 5.06. The summed E-state index contributed by atoms with van der Waals surface area (Å²) in [6.45, 7) is 5.57. The first-order valence-electron chi connectivity index (χ1n) is 6.73. The van der Waals surface area contributed by atoms with Crippen LogP contribution in [0.1, 0.15) is 39.0 Å². The molecule has 1 saturated heterocycles. The van der Waals surface area contributed by atoms with Gasteiger partial charge in [-0.05, 0) is 52.2 Å². The number of nitrogens with zero attached hydrogens (tertiary/aromatic N) is 1. The number of hydrogen-bond donors (Lipinski definition) is 0. The molecule has 0 atom stereocenters. The van der Waals surface area contributed by atoms with E-state index in [9.17, 15) is 4.79 Å². The molecule has 0 N–H and O–H groups in total. The van der Waals surface area contributed by atoms with Gasteiger partial charge in [-0.2, -0.15) is 0 Å². The first-order chi connectivity index (χ1) is 8.27. The Labute approximate surface area is 109 Å². The predicted molar refractivity (Wildman–Crippen MR) is 70.4 cm³/mol. The van der Waals surface area contributed by atoms with Crippen LogP contribution >= 0.6 is 11.6 Å². The molecule has 0 aromatic heterocycles. The van der Waals surface area contributed by atoms with Crippen molar-refractivity contribution in [3.63, 3.8) is 0 Å². The zero-order chi connectivity index (χ0) is 12.5. The molecule has 0 aromatic rings. The minimum atomic E-state index is -0.00529. The van der Waals surface area contributed by atoms with Gasteiger partial charge in [0.15, 0.2) is 0 Å². The van der Waals surface area contributed by atoms with Crippen LogP contribution in [0.4, 0.5) is 0 Å². The molecular weight excluding hydrogens is 238 g/mol. The fraction of sp³-hybridized carbons (Fsp3) is 0.923. The molecule has 17 heavy (non-hydrogen) atoms. The highest BCUT2D eigenvalue weighted by Crippen LogP contribution is 2.19. The molecule has 0 unspecified atom stereocenters. The highest BCUT2D eigenvalue weighted by Gasteiger charge is 2.25. The maximum Gasteiger partial charge on any atom is 0.309 e. The van der Waals surface area contributed by atoms with Crippen LogP contribution in [0.5, 0.6) is 0 Å². The molecular formula is C13H24ClNO2. The van der Waals surface area contributed by atoms with E-state index in [1.54, 1.807) is 0 Å². The first kappa shape index (κ1) is 14.8. The van der Waals surface area contributed by atoms with Crippen LogP contribution in [0.3, 0.4) is 0 Å². The van der Waals surface area contributed by atoms with Gasteiger partial charge in [0.2, 0.25) is 0 Å². The van der Waals surface area contributed by atoms with E-state index in [2.05, 4.69) is 4.90 Å². The summed E-state index contributed by atoms with van der Waals surface area (Å²) in [5, 5.41) is 0. The topological polar surface area (TPSA) is 29.5 Å². The lowest BCUT2D eigenvalue weighted by Gasteiger charge is -2.30. The number of ether oxygens (including phenoxy) is 1. The second-order valence-electron chi connectivity index (χ2n) is 4.62. The molecule has 1 rings (SSSR count). The van der Waals surface area contributed by atoms with E-state index in [1.165, 1.54) is 12.8 Å². The summed E-state index contributed by atoms with van der Waals surface area (Å²) in [4.78, 5) is 14.0. The number of halogens is 1. The van der Waals surface area contributed by atoms with Crippen molar-refractivity contribution < 1.29 is 9.53 Å². The van der Waals surface area contributed by atoms with Crippen molar-refractivity contribution >= 4 is 17.6 Å². The molecule has 4 heteroatoms. The van der Waals surface area contributed by atoms with Crippen LogP contribution in [0.2, 0.25) is 0 Å². The van der Waals surface area contributed by atoms with Gasteiger partial charge in [0.05, 0.1) is 12.5 Å². The van der Waals surface area contributed by atoms with Crippen molar-refractivity contribution in [2.45, 2.75) is 39.0 Å². The minimum absolute atomic E-state index is 0.00529. The van der Waals surface area contributed by atoms with Crippen molar-refractivity contribution in [2.24, 2.45) is 5.92 Å². The Kier molecular flexibility index (Phi) is 7.62. The molecule has 0 amide bonds. The van der Waals surface area contributed by atoms with Gasteiger partial charge in [-0.15, -0.1) is 11.6 Å². The zero-order valence-electron chi connectivity index (χ0n) is 10.8.